The SMILES string of the molecule is COc1ccc(OCc2cccc(Cl)c2F)c(CCl)c1. The molecular weight excluding hydrogens is 302 g/mol. The minimum atomic E-state index is -0.463. The number of rotatable bonds is 5. The van der Waals surface area contributed by atoms with Crippen LogP contribution in [0.1, 0.15) is 11.1 Å². The normalized spacial score (nSPS) is 10.4. The predicted octanol–water partition coefficient (Wildman–Crippen LogP) is 4.81. The largest absolute Gasteiger partial charge is 0.497 e. The fourth-order valence-corrected chi connectivity index (χ4v) is 2.15. The van der Waals surface area contributed by atoms with Crippen molar-refractivity contribution in [1.82, 2.24) is 0 Å². The van der Waals surface area contributed by atoms with Gasteiger partial charge < -0.3 is 9.47 Å². The first-order valence-electron chi connectivity index (χ1n) is 5.94. The van der Waals surface area contributed by atoms with E-state index in [0.717, 1.165) is 5.56 Å². The van der Waals surface area contributed by atoms with Gasteiger partial charge in [0.15, 0.2) is 0 Å². The minimum Gasteiger partial charge on any atom is -0.497 e. The van der Waals surface area contributed by atoms with Crippen LogP contribution in [-0.4, -0.2) is 7.11 Å². The number of hydrogen-bond donors (Lipinski definition) is 0. The van der Waals surface area contributed by atoms with Gasteiger partial charge in [-0.05, 0) is 24.3 Å². The Morgan fingerprint density at radius 3 is 2.65 bits per heavy atom. The number of hydrogen-bond acceptors (Lipinski definition) is 2. The third-order valence-electron chi connectivity index (χ3n) is 2.83. The van der Waals surface area contributed by atoms with E-state index in [2.05, 4.69) is 0 Å². The van der Waals surface area contributed by atoms with Gasteiger partial charge in [-0.1, -0.05) is 23.7 Å². The van der Waals surface area contributed by atoms with Gasteiger partial charge in [-0.2, -0.15) is 0 Å². The molecule has 0 radical (unpaired) electrons. The van der Waals surface area contributed by atoms with Crippen molar-refractivity contribution in [1.29, 1.82) is 0 Å². The molecule has 0 spiro atoms. The molecule has 0 amide bonds. The van der Waals surface area contributed by atoms with Gasteiger partial charge in [0.05, 0.1) is 18.0 Å². The Kier molecular flexibility index (Phi) is 5.10. The quantitative estimate of drug-likeness (QED) is 0.738. The molecule has 2 rings (SSSR count). The number of halogens is 3. The van der Waals surface area contributed by atoms with Crippen LogP contribution in [0.2, 0.25) is 5.02 Å². The molecule has 2 nitrogen and oxygen atoms in total. The van der Waals surface area contributed by atoms with Crippen molar-refractivity contribution in [3.8, 4) is 11.5 Å². The lowest BCUT2D eigenvalue weighted by molar-refractivity contribution is 0.297. The lowest BCUT2D eigenvalue weighted by atomic mass is 10.2. The maximum atomic E-state index is 13.7. The van der Waals surface area contributed by atoms with E-state index in [4.69, 9.17) is 32.7 Å². The van der Waals surface area contributed by atoms with Crippen molar-refractivity contribution in [3.05, 3.63) is 58.4 Å². The van der Waals surface area contributed by atoms with Crippen molar-refractivity contribution in [2.45, 2.75) is 12.5 Å². The number of benzene rings is 2. The topological polar surface area (TPSA) is 18.5 Å². The molecule has 0 aliphatic heterocycles. The summed E-state index contributed by atoms with van der Waals surface area (Å²) in [6.45, 7) is 0.0859. The molecule has 0 aromatic heterocycles. The van der Waals surface area contributed by atoms with E-state index >= 15 is 0 Å². The summed E-state index contributed by atoms with van der Waals surface area (Å²) >= 11 is 11.6. The molecule has 0 fully saturated rings. The van der Waals surface area contributed by atoms with E-state index in [1.807, 2.05) is 0 Å². The van der Waals surface area contributed by atoms with E-state index in [0.29, 0.717) is 17.1 Å². The first-order chi connectivity index (χ1) is 9.65. The van der Waals surface area contributed by atoms with Gasteiger partial charge in [0, 0.05) is 11.1 Å². The summed E-state index contributed by atoms with van der Waals surface area (Å²) in [5, 5.41) is 0.0818. The highest BCUT2D eigenvalue weighted by Gasteiger charge is 2.09. The molecule has 0 atom stereocenters. The monoisotopic (exact) mass is 314 g/mol. The van der Waals surface area contributed by atoms with Gasteiger partial charge in [-0.15, -0.1) is 11.6 Å². The van der Waals surface area contributed by atoms with Crippen molar-refractivity contribution >= 4 is 23.2 Å². The molecule has 106 valence electrons. The van der Waals surface area contributed by atoms with Gasteiger partial charge in [0.25, 0.3) is 0 Å². The molecular formula is C15H13Cl2FO2. The fourth-order valence-electron chi connectivity index (χ4n) is 1.74. The molecule has 0 N–H and O–H groups in total. The zero-order valence-electron chi connectivity index (χ0n) is 10.8. The standard InChI is InChI=1S/C15H13Cl2FO2/c1-19-12-5-6-14(11(7-12)8-16)20-9-10-3-2-4-13(17)15(10)18/h2-7H,8-9H2,1H3. The van der Waals surface area contributed by atoms with Crippen LogP contribution < -0.4 is 9.47 Å². The zero-order valence-corrected chi connectivity index (χ0v) is 12.3. The maximum Gasteiger partial charge on any atom is 0.148 e. The van der Waals surface area contributed by atoms with Crippen LogP contribution in [0.3, 0.4) is 0 Å². The summed E-state index contributed by atoms with van der Waals surface area (Å²) in [4.78, 5) is 0. The van der Waals surface area contributed by atoms with E-state index in [1.165, 1.54) is 6.07 Å². The molecule has 2 aromatic carbocycles. The van der Waals surface area contributed by atoms with Crippen LogP contribution in [0.5, 0.6) is 11.5 Å². The zero-order chi connectivity index (χ0) is 14.5. The minimum absolute atomic E-state index is 0.0818. The molecule has 0 saturated heterocycles. The smallest absolute Gasteiger partial charge is 0.148 e. The summed E-state index contributed by atoms with van der Waals surface area (Å²) in [6.07, 6.45) is 0. The Morgan fingerprint density at radius 2 is 1.95 bits per heavy atom. The highest BCUT2D eigenvalue weighted by atomic mass is 35.5. The Morgan fingerprint density at radius 1 is 1.15 bits per heavy atom. The molecule has 0 aliphatic rings. The Hall–Kier alpha value is -1.45. The Bertz CT molecular complexity index is 602. The van der Waals surface area contributed by atoms with Crippen LogP contribution in [0, 0.1) is 5.82 Å². The van der Waals surface area contributed by atoms with Crippen LogP contribution in [-0.2, 0) is 12.5 Å². The van der Waals surface area contributed by atoms with Crippen LogP contribution in [0.4, 0.5) is 4.39 Å². The molecule has 0 bridgehead atoms. The lowest BCUT2D eigenvalue weighted by Crippen LogP contribution is -2.01. The second kappa shape index (κ2) is 6.82. The van der Waals surface area contributed by atoms with E-state index < -0.39 is 5.82 Å². The number of alkyl halides is 1. The Balaban J connectivity index is 2.16. The highest BCUT2D eigenvalue weighted by Crippen LogP contribution is 2.27. The van der Waals surface area contributed by atoms with Crippen LogP contribution >= 0.6 is 23.2 Å². The molecule has 2 aromatic rings. The van der Waals surface area contributed by atoms with E-state index in [1.54, 1.807) is 37.4 Å². The Labute approximate surface area is 127 Å². The van der Waals surface area contributed by atoms with Gasteiger partial charge >= 0.3 is 0 Å². The summed E-state index contributed by atoms with van der Waals surface area (Å²) in [7, 11) is 1.58. The molecule has 0 heterocycles. The molecule has 0 unspecified atom stereocenters. The van der Waals surface area contributed by atoms with Gasteiger partial charge in [0.2, 0.25) is 0 Å². The van der Waals surface area contributed by atoms with Crippen molar-refractivity contribution in [3.63, 3.8) is 0 Å². The van der Waals surface area contributed by atoms with E-state index in [-0.39, 0.29) is 17.5 Å². The van der Waals surface area contributed by atoms with E-state index in [9.17, 15) is 4.39 Å². The summed E-state index contributed by atoms with van der Waals surface area (Å²) in [5.41, 5.74) is 1.18. The first kappa shape index (κ1) is 14.9. The molecule has 20 heavy (non-hydrogen) atoms. The third kappa shape index (κ3) is 3.35. The van der Waals surface area contributed by atoms with Gasteiger partial charge in [-0.25, -0.2) is 4.39 Å². The molecule has 0 saturated carbocycles. The fraction of sp³-hybridized carbons (Fsp3) is 0.200. The molecule has 0 aliphatic carbocycles. The summed E-state index contributed by atoms with van der Waals surface area (Å²) < 4.78 is 24.5. The maximum absolute atomic E-state index is 13.7. The second-order valence-electron chi connectivity index (χ2n) is 4.11. The lowest BCUT2D eigenvalue weighted by Gasteiger charge is -2.12. The van der Waals surface area contributed by atoms with Crippen molar-refractivity contribution in [2.24, 2.45) is 0 Å². The average molecular weight is 315 g/mol. The summed E-state index contributed by atoms with van der Waals surface area (Å²) in [5.74, 6) is 1.11. The predicted molar refractivity (Wildman–Crippen MR) is 78.3 cm³/mol. The van der Waals surface area contributed by atoms with Crippen LogP contribution in [0.15, 0.2) is 36.4 Å². The summed E-state index contributed by atoms with van der Waals surface area (Å²) in [6, 6.07) is 10.1. The second-order valence-corrected chi connectivity index (χ2v) is 4.78. The first-order valence-corrected chi connectivity index (χ1v) is 6.85. The van der Waals surface area contributed by atoms with Gasteiger partial charge in [-0.3, -0.25) is 0 Å². The van der Waals surface area contributed by atoms with Gasteiger partial charge in [0.1, 0.15) is 23.9 Å². The number of ether oxygens (including phenoxy) is 2. The number of methoxy groups -OCH3 is 1. The highest BCUT2D eigenvalue weighted by molar-refractivity contribution is 6.30. The van der Waals surface area contributed by atoms with Crippen LogP contribution in [0.25, 0.3) is 0 Å². The molecule has 5 heteroatoms. The third-order valence-corrected chi connectivity index (χ3v) is 3.41. The van der Waals surface area contributed by atoms with Crippen molar-refractivity contribution < 1.29 is 13.9 Å². The average Bonchev–Trinajstić information content (AvgIpc) is 2.48. The van der Waals surface area contributed by atoms with Crippen molar-refractivity contribution in [2.75, 3.05) is 7.11 Å².